The molecule has 0 fully saturated rings. The van der Waals surface area contributed by atoms with Gasteiger partial charge in [-0.25, -0.2) is 4.39 Å². The van der Waals surface area contributed by atoms with E-state index < -0.39 is 5.82 Å². The van der Waals surface area contributed by atoms with E-state index in [4.69, 9.17) is 0 Å². The molecule has 5 heteroatoms. The van der Waals surface area contributed by atoms with Crippen molar-refractivity contribution < 1.29 is 9.18 Å². The molecule has 0 bridgehead atoms. The zero-order valence-electron chi connectivity index (χ0n) is 7.76. The van der Waals surface area contributed by atoms with E-state index in [1.54, 1.807) is 0 Å². The third kappa shape index (κ3) is 3.68. The van der Waals surface area contributed by atoms with Crippen molar-refractivity contribution >= 4 is 34.5 Å². The number of carbonyl (C=O) groups is 1. The Morgan fingerprint density at radius 2 is 2.27 bits per heavy atom. The van der Waals surface area contributed by atoms with Crippen molar-refractivity contribution in [2.75, 3.05) is 6.54 Å². The van der Waals surface area contributed by atoms with Crippen LogP contribution in [0.4, 0.5) is 4.39 Å². The Bertz CT molecular complexity index is 408. The van der Waals surface area contributed by atoms with Crippen LogP contribution in [0.5, 0.6) is 0 Å². The minimum Gasteiger partial charge on any atom is -0.347 e. The Morgan fingerprint density at radius 3 is 2.80 bits per heavy atom. The summed E-state index contributed by atoms with van der Waals surface area (Å²) in [6, 6.07) is 3.99. The van der Waals surface area contributed by atoms with Gasteiger partial charge in [0.2, 0.25) is 0 Å². The van der Waals surface area contributed by atoms with E-state index in [-0.39, 0.29) is 10.8 Å². The molecule has 0 saturated heterocycles. The molecule has 1 N–H and O–H groups in total. The molecule has 0 radical (unpaired) electrons. The molecule has 0 aliphatic rings. The largest absolute Gasteiger partial charge is 0.347 e. The van der Waals surface area contributed by atoms with Crippen molar-refractivity contribution in [3.63, 3.8) is 0 Å². The molecule has 1 rings (SSSR count). The topological polar surface area (TPSA) is 29.1 Å². The van der Waals surface area contributed by atoms with E-state index in [0.717, 1.165) is 0 Å². The number of hydrogen-bond donors (Lipinski definition) is 2. The lowest BCUT2D eigenvalue weighted by Crippen LogP contribution is -2.24. The number of thiol groups is 1. The molecule has 0 aliphatic heterocycles. The van der Waals surface area contributed by atoms with Crippen LogP contribution >= 0.6 is 28.6 Å². The Balaban J connectivity index is 2.74. The molecule has 0 spiro atoms. The minimum atomic E-state index is -0.445. The van der Waals surface area contributed by atoms with E-state index in [1.807, 2.05) is 0 Å². The quantitative estimate of drug-likeness (QED) is 0.824. The maximum absolute atomic E-state index is 12.8. The van der Waals surface area contributed by atoms with Gasteiger partial charge in [0.1, 0.15) is 5.82 Å². The van der Waals surface area contributed by atoms with Crippen LogP contribution in [0.2, 0.25) is 0 Å². The molecule has 0 atom stereocenters. The van der Waals surface area contributed by atoms with E-state index in [0.29, 0.717) is 16.6 Å². The van der Waals surface area contributed by atoms with E-state index in [2.05, 4.69) is 40.5 Å². The highest BCUT2D eigenvalue weighted by atomic mass is 79.9. The van der Waals surface area contributed by atoms with Crippen molar-refractivity contribution in [1.82, 2.24) is 5.32 Å². The average molecular weight is 290 g/mol. The third-order valence-corrected chi connectivity index (χ3v) is 2.27. The molecule has 15 heavy (non-hydrogen) atoms. The molecule has 80 valence electrons. The van der Waals surface area contributed by atoms with Gasteiger partial charge in [0.25, 0.3) is 5.91 Å². The van der Waals surface area contributed by atoms with Crippen molar-refractivity contribution in [2.24, 2.45) is 0 Å². The number of amides is 1. The number of nitrogens with one attached hydrogen (secondary N) is 1. The van der Waals surface area contributed by atoms with Crippen LogP contribution in [-0.4, -0.2) is 12.5 Å². The summed E-state index contributed by atoms with van der Waals surface area (Å²) in [4.78, 5) is 11.6. The monoisotopic (exact) mass is 289 g/mol. The van der Waals surface area contributed by atoms with Crippen LogP contribution in [0.1, 0.15) is 10.4 Å². The van der Waals surface area contributed by atoms with Gasteiger partial charge in [-0.2, -0.15) is 0 Å². The zero-order valence-corrected chi connectivity index (χ0v) is 10.2. The first-order valence-corrected chi connectivity index (χ1v) is 5.34. The first kappa shape index (κ1) is 12.3. The maximum atomic E-state index is 12.8. The van der Waals surface area contributed by atoms with Crippen molar-refractivity contribution in [1.29, 1.82) is 0 Å². The summed E-state index contributed by atoms with van der Waals surface area (Å²) in [5, 5.41) is 2.60. The van der Waals surface area contributed by atoms with Gasteiger partial charge in [-0.05, 0) is 18.2 Å². The van der Waals surface area contributed by atoms with Crippen molar-refractivity contribution in [3.8, 4) is 0 Å². The predicted octanol–water partition coefficient (Wildman–Crippen LogP) is 2.75. The molecule has 0 heterocycles. The maximum Gasteiger partial charge on any atom is 0.251 e. The summed E-state index contributed by atoms with van der Waals surface area (Å²) >= 11 is 7.01. The molecular weight excluding hydrogens is 281 g/mol. The van der Waals surface area contributed by atoms with Crippen LogP contribution in [0.15, 0.2) is 34.2 Å². The van der Waals surface area contributed by atoms with Crippen LogP contribution in [-0.2, 0) is 0 Å². The van der Waals surface area contributed by atoms with Crippen LogP contribution in [0.25, 0.3) is 0 Å². The fourth-order valence-corrected chi connectivity index (χ4v) is 1.29. The fraction of sp³-hybridized carbons (Fsp3) is 0.100. The lowest BCUT2D eigenvalue weighted by Gasteiger charge is -2.04. The molecule has 2 nitrogen and oxygen atoms in total. The first-order chi connectivity index (χ1) is 7.00. The number of benzene rings is 1. The second kappa shape index (κ2) is 5.32. The van der Waals surface area contributed by atoms with Gasteiger partial charge in [0.05, 0.1) is 0 Å². The summed E-state index contributed by atoms with van der Waals surface area (Å²) in [6.07, 6.45) is 0. The van der Waals surface area contributed by atoms with Gasteiger partial charge in [-0.1, -0.05) is 22.5 Å². The van der Waals surface area contributed by atoms with Gasteiger partial charge in [-0.3, -0.25) is 4.79 Å². The molecule has 1 aromatic rings. The highest BCUT2D eigenvalue weighted by Crippen LogP contribution is 2.14. The molecule has 0 aliphatic carbocycles. The Morgan fingerprint density at radius 1 is 1.60 bits per heavy atom. The average Bonchev–Trinajstić information content (AvgIpc) is 2.18. The Hall–Kier alpha value is -0.810. The van der Waals surface area contributed by atoms with Gasteiger partial charge in [-0.15, -0.1) is 12.6 Å². The zero-order chi connectivity index (χ0) is 11.4. The van der Waals surface area contributed by atoms with E-state index >= 15 is 0 Å². The molecular formula is C10H9BrFNOS. The standard InChI is InChI=1S/C10H9BrFNOS/c1-6(11)5-13-10(14)7-2-3-8(12)9(15)4-7/h2-4,15H,1,5H2,(H,13,14). The molecule has 0 saturated carbocycles. The van der Waals surface area contributed by atoms with Gasteiger partial charge in [0, 0.05) is 21.5 Å². The van der Waals surface area contributed by atoms with Gasteiger partial charge >= 0.3 is 0 Å². The van der Waals surface area contributed by atoms with Crippen molar-refractivity contribution in [3.05, 3.63) is 40.6 Å². The lowest BCUT2D eigenvalue weighted by molar-refractivity contribution is 0.0957. The molecule has 0 unspecified atom stereocenters. The summed E-state index contributed by atoms with van der Waals surface area (Å²) in [6.45, 7) is 3.91. The van der Waals surface area contributed by atoms with Crippen LogP contribution < -0.4 is 5.32 Å². The Kier molecular flexibility index (Phi) is 4.35. The van der Waals surface area contributed by atoms with Gasteiger partial charge in [0.15, 0.2) is 0 Å². The highest BCUT2D eigenvalue weighted by molar-refractivity contribution is 9.11. The SMILES string of the molecule is C=C(Br)CNC(=O)c1ccc(F)c(S)c1. The number of hydrogen-bond acceptors (Lipinski definition) is 2. The van der Waals surface area contributed by atoms with E-state index in [9.17, 15) is 9.18 Å². The minimum absolute atomic E-state index is 0.153. The van der Waals surface area contributed by atoms with Crippen LogP contribution in [0.3, 0.4) is 0 Å². The number of rotatable bonds is 3. The van der Waals surface area contributed by atoms with Gasteiger partial charge < -0.3 is 5.32 Å². The van der Waals surface area contributed by atoms with Crippen molar-refractivity contribution in [2.45, 2.75) is 4.90 Å². The van der Waals surface area contributed by atoms with E-state index in [1.165, 1.54) is 18.2 Å². The molecule has 1 amide bonds. The third-order valence-electron chi connectivity index (χ3n) is 1.65. The number of halogens is 2. The van der Waals surface area contributed by atoms with Crippen LogP contribution in [0, 0.1) is 5.82 Å². The lowest BCUT2D eigenvalue weighted by atomic mass is 10.2. The smallest absolute Gasteiger partial charge is 0.251 e. The molecule has 0 aromatic heterocycles. The summed E-state index contributed by atoms with van der Waals surface area (Å²) in [7, 11) is 0. The molecule has 1 aromatic carbocycles. The second-order valence-electron chi connectivity index (χ2n) is 2.87. The Labute approximate surface area is 101 Å². The second-order valence-corrected chi connectivity index (χ2v) is 4.47. The first-order valence-electron chi connectivity index (χ1n) is 4.10. The fourth-order valence-electron chi connectivity index (χ4n) is 0.932. The highest BCUT2D eigenvalue weighted by Gasteiger charge is 2.07. The summed E-state index contributed by atoms with van der Waals surface area (Å²) in [5.41, 5.74) is 0.371. The number of carbonyl (C=O) groups excluding carboxylic acids is 1. The summed E-state index contributed by atoms with van der Waals surface area (Å²) in [5.74, 6) is -0.731. The predicted molar refractivity (Wildman–Crippen MR) is 64.1 cm³/mol. The normalized spacial score (nSPS) is 9.80. The summed E-state index contributed by atoms with van der Waals surface area (Å²) < 4.78 is 13.5.